The maximum atomic E-state index is 11.9. The quantitative estimate of drug-likeness (QED) is 0.917. The van der Waals surface area contributed by atoms with Gasteiger partial charge in [0.1, 0.15) is 5.01 Å². The number of carbonyl (C=O) groups excluding carboxylic acids is 1. The van der Waals surface area contributed by atoms with E-state index in [0.717, 1.165) is 10.7 Å². The number of hydrogen-bond acceptors (Lipinski definition) is 4. The number of benzene rings is 1. The number of hydrogen-bond donors (Lipinski definition) is 1. The number of anilines is 1. The molecular weight excluding hydrogens is 246 g/mol. The highest BCUT2D eigenvalue weighted by Gasteiger charge is 2.06. The molecule has 0 aliphatic carbocycles. The lowest BCUT2D eigenvalue weighted by molar-refractivity contribution is 0.0951. The van der Waals surface area contributed by atoms with Crippen LogP contribution in [0, 0.1) is 0 Å². The third-order valence-electron chi connectivity index (χ3n) is 2.53. The van der Waals surface area contributed by atoms with Crippen molar-refractivity contribution in [3.63, 3.8) is 0 Å². The molecule has 0 radical (unpaired) electrons. The summed E-state index contributed by atoms with van der Waals surface area (Å²) in [6, 6.07) is 7.51. The summed E-state index contributed by atoms with van der Waals surface area (Å²) >= 11 is 1.53. The molecule has 18 heavy (non-hydrogen) atoms. The van der Waals surface area contributed by atoms with Crippen molar-refractivity contribution in [3.05, 3.63) is 46.4 Å². The Hall–Kier alpha value is -1.88. The van der Waals surface area contributed by atoms with E-state index in [1.165, 1.54) is 11.3 Å². The third-order valence-corrected chi connectivity index (χ3v) is 3.31. The van der Waals surface area contributed by atoms with E-state index in [1.54, 1.807) is 6.20 Å². The lowest BCUT2D eigenvalue weighted by atomic mass is 10.2. The van der Waals surface area contributed by atoms with Crippen LogP contribution in [0.4, 0.5) is 5.69 Å². The minimum Gasteiger partial charge on any atom is -0.378 e. The molecule has 5 heteroatoms. The molecule has 0 bridgehead atoms. The molecular formula is C13H15N3OS. The lowest BCUT2D eigenvalue weighted by Crippen LogP contribution is -2.22. The fourth-order valence-corrected chi connectivity index (χ4v) is 2.07. The van der Waals surface area contributed by atoms with E-state index in [9.17, 15) is 4.79 Å². The van der Waals surface area contributed by atoms with Crippen molar-refractivity contribution in [1.29, 1.82) is 0 Å². The molecule has 1 amide bonds. The summed E-state index contributed by atoms with van der Waals surface area (Å²) in [7, 11) is 3.94. The predicted octanol–water partition coefficient (Wildman–Crippen LogP) is 2.14. The van der Waals surface area contributed by atoms with Crippen LogP contribution in [0.2, 0.25) is 0 Å². The van der Waals surface area contributed by atoms with Crippen LogP contribution < -0.4 is 10.2 Å². The van der Waals surface area contributed by atoms with Crippen LogP contribution in [0.25, 0.3) is 0 Å². The molecule has 1 aromatic carbocycles. The minimum atomic E-state index is -0.0736. The molecule has 94 valence electrons. The first-order valence-electron chi connectivity index (χ1n) is 5.61. The Labute approximate surface area is 110 Å². The van der Waals surface area contributed by atoms with Gasteiger partial charge >= 0.3 is 0 Å². The number of nitrogens with zero attached hydrogens (tertiary/aromatic N) is 2. The van der Waals surface area contributed by atoms with Crippen molar-refractivity contribution in [1.82, 2.24) is 10.3 Å². The number of amides is 1. The lowest BCUT2D eigenvalue weighted by Gasteiger charge is -2.12. The highest BCUT2D eigenvalue weighted by atomic mass is 32.1. The fourth-order valence-electron chi connectivity index (χ4n) is 1.51. The van der Waals surface area contributed by atoms with Gasteiger partial charge in [-0.2, -0.15) is 0 Å². The SMILES string of the molecule is CN(C)c1ccc(C(=O)NCc2nccs2)cc1. The summed E-state index contributed by atoms with van der Waals surface area (Å²) < 4.78 is 0. The Bertz CT molecular complexity index is 506. The molecule has 2 rings (SSSR count). The van der Waals surface area contributed by atoms with Gasteiger partial charge in [0.25, 0.3) is 5.91 Å². The van der Waals surface area contributed by atoms with Gasteiger partial charge in [-0.3, -0.25) is 4.79 Å². The van der Waals surface area contributed by atoms with Crippen LogP contribution >= 0.6 is 11.3 Å². The zero-order valence-corrected chi connectivity index (χ0v) is 11.2. The average Bonchev–Trinajstić information content (AvgIpc) is 2.89. The van der Waals surface area contributed by atoms with Gasteiger partial charge in [0.15, 0.2) is 0 Å². The standard InChI is InChI=1S/C13H15N3OS/c1-16(2)11-5-3-10(4-6-11)13(17)15-9-12-14-7-8-18-12/h3-8H,9H2,1-2H3,(H,15,17). The van der Waals surface area contributed by atoms with Crippen molar-refractivity contribution < 1.29 is 4.79 Å². The van der Waals surface area contributed by atoms with Crippen LogP contribution in [-0.2, 0) is 6.54 Å². The van der Waals surface area contributed by atoms with Gasteiger partial charge in [-0.25, -0.2) is 4.98 Å². The maximum absolute atomic E-state index is 11.9. The molecule has 1 aromatic heterocycles. The number of nitrogens with one attached hydrogen (secondary N) is 1. The molecule has 0 aliphatic rings. The van der Waals surface area contributed by atoms with Gasteiger partial charge in [-0.15, -0.1) is 11.3 Å². The molecule has 1 N–H and O–H groups in total. The summed E-state index contributed by atoms with van der Waals surface area (Å²) in [4.78, 5) is 18.0. The molecule has 0 aliphatic heterocycles. The zero-order chi connectivity index (χ0) is 13.0. The first-order chi connectivity index (χ1) is 8.66. The third kappa shape index (κ3) is 3.07. The second-order valence-corrected chi connectivity index (χ2v) is 5.03. The highest BCUT2D eigenvalue weighted by Crippen LogP contribution is 2.12. The van der Waals surface area contributed by atoms with Gasteiger partial charge < -0.3 is 10.2 Å². The van der Waals surface area contributed by atoms with Crippen LogP contribution in [0.1, 0.15) is 15.4 Å². The van der Waals surface area contributed by atoms with Gasteiger partial charge in [0.05, 0.1) is 6.54 Å². The smallest absolute Gasteiger partial charge is 0.251 e. The van der Waals surface area contributed by atoms with Gasteiger partial charge in [0.2, 0.25) is 0 Å². The summed E-state index contributed by atoms with van der Waals surface area (Å²) in [5.74, 6) is -0.0736. The van der Waals surface area contributed by atoms with Crippen molar-refractivity contribution in [3.8, 4) is 0 Å². The Balaban J connectivity index is 1.96. The number of carbonyl (C=O) groups is 1. The maximum Gasteiger partial charge on any atom is 0.251 e. The molecule has 0 unspecified atom stereocenters. The van der Waals surface area contributed by atoms with E-state index in [4.69, 9.17) is 0 Å². The molecule has 2 aromatic rings. The van der Waals surface area contributed by atoms with E-state index in [-0.39, 0.29) is 5.91 Å². The van der Waals surface area contributed by atoms with Crippen molar-refractivity contribution in [2.45, 2.75) is 6.54 Å². The number of rotatable bonds is 4. The van der Waals surface area contributed by atoms with E-state index in [2.05, 4.69) is 10.3 Å². The Morgan fingerprint density at radius 3 is 2.61 bits per heavy atom. The molecule has 0 spiro atoms. The summed E-state index contributed by atoms with van der Waals surface area (Å²) in [5, 5.41) is 5.65. The van der Waals surface area contributed by atoms with Crippen LogP contribution in [-0.4, -0.2) is 25.0 Å². The van der Waals surface area contributed by atoms with Crippen LogP contribution in [0.15, 0.2) is 35.8 Å². The number of thiazole rings is 1. The summed E-state index contributed by atoms with van der Waals surface area (Å²) in [6.45, 7) is 0.478. The topological polar surface area (TPSA) is 45.2 Å². The number of aromatic nitrogens is 1. The fraction of sp³-hybridized carbons (Fsp3) is 0.231. The monoisotopic (exact) mass is 261 g/mol. The summed E-state index contributed by atoms with van der Waals surface area (Å²) in [6.07, 6.45) is 1.73. The molecule has 4 nitrogen and oxygen atoms in total. The Kier molecular flexibility index (Phi) is 3.94. The Morgan fingerprint density at radius 2 is 2.06 bits per heavy atom. The van der Waals surface area contributed by atoms with Crippen molar-refractivity contribution >= 4 is 22.9 Å². The average molecular weight is 261 g/mol. The molecule has 0 fully saturated rings. The highest BCUT2D eigenvalue weighted by molar-refractivity contribution is 7.09. The van der Waals surface area contributed by atoms with E-state index >= 15 is 0 Å². The van der Waals surface area contributed by atoms with Crippen molar-refractivity contribution in [2.75, 3.05) is 19.0 Å². The van der Waals surface area contributed by atoms with Gasteiger partial charge in [-0.05, 0) is 24.3 Å². The van der Waals surface area contributed by atoms with Crippen LogP contribution in [0.3, 0.4) is 0 Å². The second kappa shape index (κ2) is 5.64. The first kappa shape index (κ1) is 12.6. The molecule has 1 heterocycles. The molecule has 0 saturated carbocycles. The van der Waals surface area contributed by atoms with Gasteiger partial charge in [0, 0.05) is 36.9 Å². The van der Waals surface area contributed by atoms with Crippen molar-refractivity contribution in [2.24, 2.45) is 0 Å². The van der Waals surface area contributed by atoms with E-state index in [0.29, 0.717) is 12.1 Å². The molecule has 0 saturated heterocycles. The van der Waals surface area contributed by atoms with Gasteiger partial charge in [-0.1, -0.05) is 0 Å². The zero-order valence-electron chi connectivity index (χ0n) is 10.4. The largest absolute Gasteiger partial charge is 0.378 e. The Morgan fingerprint density at radius 1 is 1.33 bits per heavy atom. The molecule has 0 atom stereocenters. The van der Waals surface area contributed by atoms with E-state index < -0.39 is 0 Å². The summed E-state index contributed by atoms with van der Waals surface area (Å²) in [5.41, 5.74) is 1.74. The predicted molar refractivity (Wildman–Crippen MR) is 74.1 cm³/mol. The van der Waals surface area contributed by atoms with Crippen LogP contribution in [0.5, 0.6) is 0 Å². The minimum absolute atomic E-state index is 0.0736. The second-order valence-electron chi connectivity index (χ2n) is 4.05. The van der Waals surface area contributed by atoms with E-state index in [1.807, 2.05) is 48.6 Å². The normalized spacial score (nSPS) is 10.1. The first-order valence-corrected chi connectivity index (χ1v) is 6.49.